The number of rotatable bonds is 7. The third kappa shape index (κ3) is 5.15. The molecule has 0 radical (unpaired) electrons. The van der Waals surface area contributed by atoms with Crippen molar-refractivity contribution in [3.05, 3.63) is 65.2 Å². The Morgan fingerprint density at radius 1 is 0.963 bits per heavy atom. The summed E-state index contributed by atoms with van der Waals surface area (Å²) in [6.45, 7) is 2.49. The minimum Gasteiger partial charge on any atom is -0.350 e. The second-order valence-corrected chi connectivity index (χ2v) is 9.06. The summed E-state index contributed by atoms with van der Waals surface area (Å²) in [5, 5.41) is 2.93. The Balaban J connectivity index is 2.08. The van der Waals surface area contributed by atoms with E-state index in [1.807, 2.05) is 21.0 Å². The van der Waals surface area contributed by atoms with Gasteiger partial charge in [0.2, 0.25) is 10.0 Å². The molecule has 1 amide bonds. The van der Waals surface area contributed by atoms with Crippen molar-refractivity contribution in [2.75, 3.05) is 34.7 Å². The first-order valence-corrected chi connectivity index (χ1v) is 10.1. The van der Waals surface area contributed by atoms with Crippen molar-refractivity contribution in [2.24, 2.45) is 0 Å². The second-order valence-electron chi connectivity index (χ2n) is 6.91. The van der Waals surface area contributed by atoms with E-state index in [2.05, 4.69) is 34.5 Å². The standard InChI is InChI=1S/C20H27N3O3S/c1-15-6-8-16(9-7-15)19(22(2)3)14-21-20(24)17-10-12-18(13-11-17)27(25,26)23(4)5/h6-13,19H,14H2,1-5H3,(H,21,24). The predicted molar refractivity (Wildman–Crippen MR) is 107 cm³/mol. The zero-order valence-electron chi connectivity index (χ0n) is 16.4. The highest BCUT2D eigenvalue weighted by Crippen LogP contribution is 2.18. The molecule has 27 heavy (non-hydrogen) atoms. The fourth-order valence-electron chi connectivity index (χ4n) is 2.67. The van der Waals surface area contributed by atoms with Gasteiger partial charge < -0.3 is 10.2 Å². The number of hydrogen-bond acceptors (Lipinski definition) is 4. The molecule has 0 spiro atoms. The number of aryl methyl sites for hydroxylation is 1. The molecule has 0 aliphatic carbocycles. The Morgan fingerprint density at radius 3 is 2.00 bits per heavy atom. The third-order valence-electron chi connectivity index (χ3n) is 4.44. The van der Waals surface area contributed by atoms with E-state index in [0.29, 0.717) is 12.1 Å². The largest absolute Gasteiger partial charge is 0.350 e. The molecule has 7 heteroatoms. The lowest BCUT2D eigenvalue weighted by molar-refractivity contribution is 0.0942. The van der Waals surface area contributed by atoms with E-state index >= 15 is 0 Å². The number of sulfonamides is 1. The van der Waals surface area contributed by atoms with Crippen LogP contribution in [0.5, 0.6) is 0 Å². The van der Waals surface area contributed by atoms with Gasteiger partial charge in [-0.25, -0.2) is 12.7 Å². The second kappa shape index (κ2) is 8.65. The van der Waals surface area contributed by atoms with E-state index in [0.717, 1.165) is 9.87 Å². The Hall–Kier alpha value is -2.22. The molecule has 146 valence electrons. The smallest absolute Gasteiger partial charge is 0.251 e. The molecule has 0 aliphatic heterocycles. The average Bonchev–Trinajstić information content (AvgIpc) is 2.62. The molecule has 0 saturated carbocycles. The van der Waals surface area contributed by atoms with E-state index in [1.165, 1.54) is 43.9 Å². The number of benzene rings is 2. The molecule has 0 heterocycles. The number of hydrogen-bond donors (Lipinski definition) is 1. The van der Waals surface area contributed by atoms with Gasteiger partial charge >= 0.3 is 0 Å². The minimum absolute atomic E-state index is 0.0444. The van der Waals surface area contributed by atoms with E-state index in [-0.39, 0.29) is 16.8 Å². The first-order valence-electron chi connectivity index (χ1n) is 8.66. The third-order valence-corrected chi connectivity index (χ3v) is 6.27. The molecule has 1 N–H and O–H groups in total. The van der Waals surface area contributed by atoms with Gasteiger partial charge in [0.1, 0.15) is 0 Å². The summed E-state index contributed by atoms with van der Waals surface area (Å²) in [5.74, 6) is -0.234. The molecule has 1 atom stereocenters. The first kappa shape index (κ1) is 21.1. The zero-order chi connectivity index (χ0) is 20.2. The van der Waals surface area contributed by atoms with E-state index in [9.17, 15) is 13.2 Å². The Morgan fingerprint density at radius 2 is 1.52 bits per heavy atom. The van der Waals surface area contributed by atoms with Gasteiger partial charge in [-0.3, -0.25) is 4.79 Å². The Bertz CT molecular complexity index is 874. The van der Waals surface area contributed by atoms with Crippen molar-refractivity contribution >= 4 is 15.9 Å². The minimum atomic E-state index is -3.50. The lowest BCUT2D eigenvalue weighted by Gasteiger charge is -2.25. The molecular weight excluding hydrogens is 362 g/mol. The van der Waals surface area contributed by atoms with Crippen LogP contribution < -0.4 is 5.32 Å². The monoisotopic (exact) mass is 389 g/mol. The molecule has 0 bridgehead atoms. The highest BCUT2D eigenvalue weighted by molar-refractivity contribution is 7.89. The number of nitrogens with zero attached hydrogens (tertiary/aromatic N) is 2. The molecule has 2 aromatic rings. The van der Waals surface area contributed by atoms with Crippen LogP contribution in [0.15, 0.2) is 53.4 Å². The summed E-state index contributed by atoms with van der Waals surface area (Å²) in [5.41, 5.74) is 2.74. The van der Waals surface area contributed by atoms with Crippen LogP contribution in [0.2, 0.25) is 0 Å². The number of carbonyl (C=O) groups is 1. The maximum atomic E-state index is 12.5. The quantitative estimate of drug-likeness (QED) is 0.789. The summed E-state index contributed by atoms with van der Waals surface area (Å²) in [6.07, 6.45) is 0. The van der Waals surface area contributed by atoms with Crippen molar-refractivity contribution in [2.45, 2.75) is 17.9 Å². The van der Waals surface area contributed by atoms with E-state index in [4.69, 9.17) is 0 Å². The van der Waals surface area contributed by atoms with Crippen LogP contribution in [0.3, 0.4) is 0 Å². The molecule has 1 unspecified atom stereocenters. The van der Waals surface area contributed by atoms with Crippen molar-refractivity contribution in [3.63, 3.8) is 0 Å². The summed E-state index contributed by atoms with van der Waals surface area (Å²) < 4.78 is 25.4. The fourth-order valence-corrected chi connectivity index (χ4v) is 3.57. The molecule has 0 fully saturated rings. The first-order chi connectivity index (χ1) is 12.6. The van der Waals surface area contributed by atoms with Crippen LogP contribution in [0.1, 0.15) is 27.5 Å². The number of amides is 1. The van der Waals surface area contributed by atoms with E-state index in [1.54, 1.807) is 0 Å². The summed E-state index contributed by atoms with van der Waals surface area (Å²) >= 11 is 0. The topological polar surface area (TPSA) is 69.7 Å². The van der Waals surface area contributed by atoms with Crippen LogP contribution in [-0.2, 0) is 10.0 Å². The Kier molecular flexibility index (Phi) is 6.75. The maximum absolute atomic E-state index is 12.5. The van der Waals surface area contributed by atoms with Crippen LogP contribution in [0.25, 0.3) is 0 Å². The zero-order valence-corrected chi connectivity index (χ0v) is 17.2. The van der Waals surface area contributed by atoms with Gasteiger partial charge in [-0.2, -0.15) is 0 Å². The summed E-state index contributed by atoms with van der Waals surface area (Å²) in [4.78, 5) is 14.7. The summed E-state index contributed by atoms with van der Waals surface area (Å²) in [7, 11) is 3.39. The number of likely N-dealkylation sites (N-methyl/N-ethyl adjacent to an activating group) is 1. The molecule has 0 saturated heterocycles. The molecular formula is C20H27N3O3S. The van der Waals surface area contributed by atoms with E-state index < -0.39 is 10.0 Å². The van der Waals surface area contributed by atoms with Crippen molar-refractivity contribution < 1.29 is 13.2 Å². The van der Waals surface area contributed by atoms with Crippen molar-refractivity contribution in [1.29, 1.82) is 0 Å². The van der Waals surface area contributed by atoms with Gasteiger partial charge in [-0.15, -0.1) is 0 Å². The van der Waals surface area contributed by atoms with Gasteiger partial charge in [-0.1, -0.05) is 29.8 Å². The highest BCUT2D eigenvalue weighted by Gasteiger charge is 2.19. The van der Waals surface area contributed by atoms with Crippen LogP contribution in [-0.4, -0.2) is 58.3 Å². The van der Waals surface area contributed by atoms with Gasteiger partial charge in [0.25, 0.3) is 5.91 Å². The summed E-state index contributed by atoms with van der Waals surface area (Å²) in [6, 6.07) is 14.2. The molecule has 2 aromatic carbocycles. The predicted octanol–water partition coefficient (Wildman–Crippen LogP) is 2.28. The van der Waals surface area contributed by atoms with Crippen LogP contribution in [0, 0.1) is 6.92 Å². The highest BCUT2D eigenvalue weighted by atomic mass is 32.2. The SMILES string of the molecule is Cc1ccc(C(CNC(=O)c2ccc(S(=O)(=O)N(C)C)cc2)N(C)C)cc1. The molecule has 0 aromatic heterocycles. The van der Waals surface area contributed by atoms with Crippen molar-refractivity contribution in [3.8, 4) is 0 Å². The normalized spacial score (nSPS) is 13.0. The molecule has 0 aliphatic rings. The lowest BCUT2D eigenvalue weighted by Crippen LogP contribution is -2.34. The lowest BCUT2D eigenvalue weighted by atomic mass is 10.0. The number of nitrogens with one attached hydrogen (secondary N) is 1. The van der Waals surface area contributed by atoms with Crippen LogP contribution >= 0.6 is 0 Å². The molecule has 6 nitrogen and oxygen atoms in total. The van der Waals surface area contributed by atoms with Gasteiger partial charge in [0.05, 0.1) is 10.9 Å². The van der Waals surface area contributed by atoms with Crippen LogP contribution in [0.4, 0.5) is 0 Å². The maximum Gasteiger partial charge on any atom is 0.251 e. The Labute approximate surface area is 161 Å². The number of carbonyl (C=O) groups excluding carboxylic acids is 1. The van der Waals surface area contributed by atoms with Gasteiger partial charge in [0.15, 0.2) is 0 Å². The van der Waals surface area contributed by atoms with Gasteiger partial charge in [0, 0.05) is 26.2 Å². The van der Waals surface area contributed by atoms with Crippen molar-refractivity contribution in [1.82, 2.24) is 14.5 Å². The van der Waals surface area contributed by atoms with Gasteiger partial charge in [-0.05, 0) is 50.8 Å². The average molecular weight is 390 g/mol. The fraction of sp³-hybridized carbons (Fsp3) is 0.350. The molecule has 2 rings (SSSR count).